The largest absolute Gasteiger partial charge is 0.396 e. The van der Waals surface area contributed by atoms with E-state index < -0.39 is 4.92 Å². The molecule has 2 N–H and O–H groups in total. The molecule has 0 aliphatic carbocycles. The number of carbonyl (C=O) groups excluding carboxylic acids is 1. The van der Waals surface area contributed by atoms with Gasteiger partial charge < -0.3 is 10.4 Å². The Morgan fingerprint density at radius 3 is 2.85 bits per heavy atom. The second kappa shape index (κ2) is 8.15. The molecule has 0 fully saturated rings. The first-order valence-corrected chi connectivity index (χ1v) is 7.36. The Kier molecular flexibility index (Phi) is 6.86. The van der Waals surface area contributed by atoms with E-state index in [4.69, 9.17) is 5.11 Å². The number of benzene rings is 1. The fourth-order valence-electron chi connectivity index (χ4n) is 1.64. The van der Waals surface area contributed by atoms with Gasteiger partial charge in [0.05, 0.1) is 10.5 Å². The molecule has 0 aliphatic rings. The van der Waals surface area contributed by atoms with Gasteiger partial charge in [0.15, 0.2) is 0 Å². The average molecular weight is 392 g/mol. The van der Waals surface area contributed by atoms with Crippen molar-refractivity contribution in [3.63, 3.8) is 0 Å². The van der Waals surface area contributed by atoms with Crippen molar-refractivity contribution in [1.29, 1.82) is 0 Å². The number of aliphatic hydroxyl groups is 1. The molecule has 1 aromatic carbocycles. The van der Waals surface area contributed by atoms with Gasteiger partial charge in [0.1, 0.15) is 0 Å². The Hall–Kier alpha value is -1.22. The molecule has 110 valence electrons. The van der Waals surface area contributed by atoms with Crippen LogP contribution in [0.15, 0.2) is 18.2 Å². The molecule has 1 amide bonds. The molecule has 0 aliphatic heterocycles. The molecule has 1 unspecified atom stereocenters. The van der Waals surface area contributed by atoms with Gasteiger partial charge in [-0.05, 0) is 47.4 Å². The minimum absolute atomic E-state index is 0.0931. The lowest BCUT2D eigenvalue weighted by atomic mass is 10.1. The number of nitrogens with zero attached hydrogens (tertiary/aromatic N) is 1. The van der Waals surface area contributed by atoms with Gasteiger partial charge >= 0.3 is 0 Å². The highest BCUT2D eigenvalue weighted by molar-refractivity contribution is 14.1. The van der Waals surface area contributed by atoms with Crippen LogP contribution in [0, 0.1) is 19.6 Å². The number of halogens is 1. The van der Waals surface area contributed by atoms with Crippen LogP contribution in [0.5, 0.6) is 0 Å². The third-order valence-corrected chi connectivity index (χ3v) is 3.82. The summed E-state index contributed by atoms with van der Waals surface area (Å²) in [6.45, 7) is 2.56. The fraction of sp³-hybridized carbons (Fsp3) is 0.462. The molecule has 0 saturated carbocycles. The van der Waals surface area contributed by atoms with E-state index in [0.29, 0.717) is 15.7 Å². The zero-order valence-electron chi connectivity index (χ0n) is 11.1. The van der Waals surface area contributed by atoms with Crippen molar-refractivity contribution >= 4 is 34.2 Å². The maximum absolute atomic E-state index is 12.0. The highest BCUT2D eigenvalue weighted by atomic mass is 127. The Morgan fingerprint density at radius 1 is 1.55 bits per heavy atom. The van der Waals surface area contributed by atoms with Crippen LogP contribution in [0.2, 0.25) is 0 Å². The van der Waals surface area contributed by atoms with Crippen molar-refractivity contribution in [2.75, 3.05) is 13.2 Å². The van der Waals surface area contributed by atoms with Crippen molar-refractivity contribution in [2.24, 2.45) is 5.92 Å². The van der Waals surface area contributed by atoms with E-state index in [1.807, 2.05) is 29.5 Å². The SMILES string of the molecule is CC(CO)CCCNC(=O)c1cc([N+](=O)[O-])ccc1I. The summed E-state index contributed by atoms with van der Waals surface area (Å²) in [4.78, 5) is 22.2. The van der Waals surface area contributed by atoms with Crippen LogP contribution in [-0.2, 0) is 0 Å². The molecule has 0 aromatic heterocycles. The van der Waals surface area contributed by atoms with Crippen molar-refractivity contribution < 1.29 is 14.8 Å². The normalized spacial score (nSPS) is 11.9. The standard InChI is InChI=1S/C13H17IN2O4/c1-9(8-17)3-2-6-15-13(18)11-7-10(16(19)20)4-5-12(11)14/h4-5,7,9,17H,2-3,6,8H2,1H3,(H,15,18). The van der Waals surface area contributed by atoms with Gasteiger partial charge in [0.25, 0.3) is 11.6 Å². The van der Waals surface area contributed by atoms with Crippen molar-refractivity contribution in [3.8, 4) is 0 Å². The summed E-state index contributed by atoms with van der Waals surface area (Å²) in [5.74, 6) is -0.0976. The van der Waals surface area contributed by atoms with E-state index in [9.17, 15) is 14.9 Å². The zero-order chi connectivity index (χ0) is 15.1. The van der Waals surface area contributed by atoms with E-state index >= 15 is 0 Å². The minimum Gasteiger partial charge on any atom is -0.396 e. The van der Waals surface area contributed by atoms with E-state index in [2.05, 4.69) is 5.32 Å². The minimum atomic E-state index is -0.518. The summed E-state index contributed by atoms with van der Waals surface area (Å²) in [6.07, 6.45) is 1.59. The fourth-order valence-corrected chi connectivity index (χ4v) is 2.22. The van der Waals surface area contributed by atoms with Crippen LogP contribution in [0.1, 0.15) is 30.1 Å². The number of carbonyl (C=O) groups is 1. The van der Waals surface area contributed by atoms with Crippen LogP contribution >= 0.6 is 22.6 Å². The van der Waals surface area contributed by atoms with Gasteiger partial charge in [0, 0.05) is 28.9 Å². The van der Waals surface area contributed by atoms with Gasteiger partial charge in [0.2, 0.25) is 0 Å². The highest BCUT2D eigenvalue weighted by Crippen LogP contribution is 2.19. The number of hydrogen-bond acceptors (Lipinski definition) is 4. The number of amides is 1. The topological polar surface area (TPSA) is 92.5 Å². The van der Waals surface area contributed by atoms with Crippen LogP contribution < -0.4 is 5.32 Å². The molecular formula is C13H17IN2O4. The van der Waals surface area contributed by atoms with E-state index in [1.165, 1.54) is 12.1 Å². The predicted octanol–water partition coefficient (Wildman–Crippen LogP) is 2.34. The molecule has 0 saturated heterocycles. The van der Waals surface area contributed by atoms with Crippen LogP contribution in [0.4, 0.5) is 5.69 Å². The first-order chi connectivity index (χ1) is 9.45. The number of hydrogen-bond donors (Lipinski definition) is 2. The number of nitro groups is 1. The molecule has 6 nitrogen and oxygen atoms in total. The first kappa shape index (κ1) is 16.8. The molecule has 1 aromatic rings. The Labute approximate surface area is 130 Å². The third kappa shape index (κ3) is 5.04. The van der Waals surface area contributed by atoms with Crippen molar-refractivity contribution in [1.82, 2.24) is 5.32 Å². The predicted molar refractivity (Wildman–Crippen MR) is 83.6 cm³/mol. The van der Waals surface area contributed by atoms with E-state index in [1.54, 1.807) is 6.07 Å². The summed E-state index contributed by atoms with van der Waals surface area (Å²) in [7, 11) is 0. The summed E-state index contributed by atoms with van der Waals surface area (Å²) in [6, 6.07) is 4.22. The molecule has 0 radical (unpaired) electrons. The lowest BCUT2D eigenvalue weighted by Gasteiger charge is -2.09. The molecule has 0 spiro atoms. The first-order valence-electron chi connectivity index (χ1n) is 6.28. The quantitative estimate of drug-likeness (QED) is 0.323. The van der Waals surface area contributed by atoms with Gasteiger partial charge in [-0.25, -0.2) is 0 Å². The number of nitro benzene ring substituents is 1. The van der Waals surface area contributed by atoms with Gasteiger partial charge in [-0.1, -0.05) is 6.92 Å². The highest BCUT2D eigenvalue weighted by Gasteiger charge is 2.15. The Bertz CT molecular complexity index is 493. The summed E-state index contributed by atoms with van der Waals surface area (Å²) in [5.41, 5.74) is 0.222. The van der Waals surface area contributed by atoms with Gasteiger partial charge in [-0.15, -0.1) is 0 Å². The average Bonchev–Trinajstić information content (AvgIpc) is 2.43. The number of aliphatic hydroxyl groups excluding tert-OH is 1. The Balaban J connectivity index is 2.59. The van der Waals surface area contributed by atoms with Crippen molar-refractivity contribution in [2.45, 2.75) is 19.8 Å². The number of non-ortho nitro benzene ring substituents is 1. The summed E-state index contributed by atoms with van der Waals surface area (Å²) < 4.78 is 0.675. The lowest BCUT2D eigenvalue weighted by Crippen LogP contribution is -2.25. The van der Waals surface area contributed by atoms with Gasteiger partial charge in [-0.3, -0.25) is 14.9 Å². The summed E-state index contributed by atoms with van der Waals surface area (Å²) >= 11 is 1.98. The van der Waals surface area contributed by atoms with Gasteiger partial charge in [-0.2, -0.15) is 0 Å². The molecule has 0 heterocycles. The molecule has 0 bridgehead atoms. The van der Waals surface area contributed by atoms with Crippen molar-refractivity contribution in [3.05, 3.63) is 37.4 Å². The zero-order valence-corrected chi connectivity index (χ0v) is 13.3. The van der Waals surface area contributed by atoms with E-state index in [0.717, 1.165) is 12.8 Å². The second-order valence-corrected chi connectivity index (χ2v) is 5.77. The molecule has 7 heteroatoms. The third-order valence-electron chi connectivity index (χ3n) is 2.88. The monoisotopic (exact) mass is 392 g/mol. The smallest absolute Gasteiger partial charge is 0.270 e. The molecule has 1 rings (SSSR count). The Morgan fingerprint density at radius 2 is 2.25 bits per heavy atom. The lowest BCUT2D eigenvalue weighted by molar-refractivity contribution is -0.384. The molecular weight excluding hydrogens is 375 g/mol. The summed E-state index contributed by atoms with van der Waals surface area (Å²) in [5, 5.41) is 22.3. The van der Waals surface area contributed by atoms with Crippen LogP contribution in [0.3, 0.4) is 0 Å². The maximum Gasteiger partial charge on any atom is 0.270 e. The maximum atomic E-state index is 12.0. The van der Waals surface area contributed by atoms with Crippen LogP contribution in [-0.4, -0.2) is 29.1 Å². The number of nitrogens with one attached hydrogen (secondary N) is 1. The second-order valence-electron chi connectivity index (χ2n) is 4.61. The van der Waals surface area contributed by atoms with E-state index in [-0.39, 0.29) is 24.1 Å². The van der Waals surface area contributed by atoms with Crippen LogP contribution in [0.25, 0.3) is 0 Å². The molecule has 20 heavy (non-hydrogen) atoms. The number of rotatable bonds is 7. The molecule has 1 atom stereocenters.